The quantitative estimate of drug-likeness (QED) is 0.556. The fourth-order valence-electron chi connectivity index (χ4n) is 2.12. The molecule has 0 aromatic heterocycles. The Bertz CT molecular complexity index is 170. The second-order valence-electron chi connectivity index (χ2n) is 3.71. The standard InChI is InChI=1S/C9H14NO/c1-2-10(7-11)9(5-6-9)8-3-4-8/h8H,2-6H2,1H3. The summed E-state index contributed by atoms with van der Waals surface area (Å²) >= 11 is 0. The van der Waals surface area contributed by atoms with Gasteiger partial charge in [0.05, 0.1) is 0 Å². The van der Waals surface area contributed by atoms with E-state index in [4.69, 9.17) is 0 Å². The van der Waals surface area contributed by atoms with Gasteiger partial charge in [-0.05, 0) is 38.5 Å². The Hall–Kier alpha value is -0.530. The fourth-order valence-corrected chi connectivity index (χ4v) is 2.12. The molecule has 0 saturated heterocycles. The van der Waals surface area contributed by atoms with E-state index in [1.807, 2.05) is 11.8 Å². The van der Waals surface area contributed by atoms with Gasteiger partial charge < -0.3 is 4.90 Å². The summed E-state index contributed by atoms with van der Waals surface area (Å²) in [5, 5.41) is 0. The smallest absolute Gasteiger partial charge is 0.312 e. The molecule has 0 unspecified atom stereocenters. The topological polar surface area (TPSA) is 20.3 Å². The first kappa shape index (κ1) is 7.14. The van der Waals surface area contributed by atoms with Crippen LogP contribution in [0, 0.1) is 5.92 Å². The van der Waals surface area contributed by atoms with Crippen LogP contribution in [0.1, 0.15) is 32.6 Å². The number of hydrogen-bond acceptors (Lipinski definition) is 1. The van der Waals surface area contributed by atoms with Crippen LogP contribution < -0.4 is 0 Å². The lowest BCUT2D eigenvalue weighted by Crippen LogP contribution is -2.37. The van der Waals surface area contributed by atoms with Crippen LogP contribution in [0.3, 0.4) is 0 Å². The molecule has 0 aliphatic heterocycles. The molecule has 2 heteroatoms. The molecule has 11 heavy (non-hydrogen) atoms. The summed E-state index contributed by atoms with van der Waals surface area (Å²) in [6, 6.07) is 0. The molecule has 0 aromatic carbocycles. The third-order valence-corrected chi connectivity index (χ3v) is 3.06. The summed E-state index contributed by atoms with van der Waals surface area (Å²) in [6.07, 6.45) is 7.17. The summed E-state index contributed by atoms with van der Waals surface area (Å²) in [5.41, 5.74) is 0.288. The summed E-state index contributed by atoms with van der Waals surface area (Å²) < 4.78 is 0. The largest absolute Gasteiger partial charge is 0.329 e. The maximum Gasteiger partial charge on any atom is 0.312 e. The lowest BCUT2D eigenvalue weighted by molar-refractivity contribution is 0.256. The zero-order valence-corrected chi connectivity index (χ0v) is 6.97. The summed E-state index contributed by atoms with van der Waals surface area (Å²) in [7, 11) is 0. The van der Waals surface area contributed by atoms with Crippen molar-refractivity contribution in [1.29, 1.82) is 0 Å². The van der Waals surface area contributed by atoms with Gasteiger partial charge in [-0.2, -0.15) is 0 Å². The van der Waals surface area contributed by atoms with Gasteiger partial charge in [0.2, 0.25) is 0 Å². The van der Waals surface area contributed by atoms with Crippen molar-refractivity contribution in [2.75, 3.05) is 6.54 Å². The Labute approximate surface area is 67.6 Å². The fraction of sp³-hybridized carbons (Fsp3) is 0.889. The van der Waals surface area contributed by atoms with Crippen molar-refractivity contribution >= 4 is 6.41 Å². The normalized spacial score (nSPS) is 26.3. The first-order valence-electron chi connectivity index (χ1n) is 4.49. The Morgan fingerprint density at radius 2 is 2.18 bits per heavy atom. The highest BCUT2D eigenvalue weighted by molar-refractivity contribution is 5.51. The third kappa shape index (κ3) is 0.959. The van der Waals surface area contributed by atoms with Gasteiger partial charge >= 0.3 is 6.41 Å². The highest BCUT2D eigenvalue weighted by Crippen LogP contribution is 2.56. The van der Waals surface area contributed by atoms with Gasteiger partial charge in [-0.15, -0.1) is 0 Å². The minimum absolute atomic E-state index is 0.288. The predicted molar refractivity (Wildman–Crippen MR) is 42.8 cm³/mol. The Balaban J connectivity index is 2.04. The molecule has 1 amide bonds. The van der Waals surface area contributed by atoms with E-state index in [1.165, 1.54) is 25.7 Å². The second kappa shape index (κ2) is 2.23. The molecule has 2 fully saturated rings. The lowest BCUT2D eigenvalue weighted by Gasteiger charge is -2.25. The highest BCUT2D eigenvalue weighted by Gasteiger charge is 2.57. The Morgan fingerprint density at radius 3 is 2.45 bits per heavy atom. The molecule has 0 N–H and O–H groups in total. The monoisotopic (exact) mass is 152 g/mol. The van der Waals surface area contributed by atoms with E-state index >= 15 is 0 Å². The molecule has 2 aliphatic carbocycles. The van der Waals surface area contributed by atoms with Crippen LogP contribution in [0.2, 0.25) is 0 Å². The summed E-state index contributed by atoms with van der Waals surface area (Å²) in [6.45, 7) is 2.87. The zero-order valence-electron chi connectivity index (χ0n) is 6.97. The molecule has 2 nitrogen and oxygen atoms in total. The van der Waals surface area contributed by atoms with E-state index in [-0.39, 0.29) is 5.54 Å². The summed E-state index contributed by atoms with van der Waals surface area (Å²) in [4.78, 5) is 12.4. The van der Waals surface area contributed by atoms with E-state index in [0.717, 1.165) is 12.5 Å². The minimum atomic E-state index is 0.288. The average Bonchev–Trinajstić information content (AvgIpc) is 2.85. The van der Waals surface area contributed by atoms with E-state index in [2.05, 4.69) is 6.41 Å². The molecule has 2 aliphatic rings. The maximum absolute atomic E-state index is 10.6. The zero-order chi connectivity index (χ0) is 7.90. The van der Waals surface area contributed by atoms with Crippen molar-refractivity contribution in [3.05, 3.63) is 0 Å². The molecule has 0 atom stereocenters. The van der Waals surface area contributed by atoms with Crippen molar-refractivity contribution in [2.45, 2.75) is 38.1 Å². The number of amides is 1. The Morgan fingerprint density at radius 1 is 1.55 bits per heavy atom. The Kier molecular flexibility index (Phi) is 1.44. The van der Waals surface area contributed by atoms with Gasteiger partial charge in [-0.1, -0.05) is 0 Å². The SMILES string of the molecule is CCN([C]=O)C1(C2CC2)CC1. The molecule has 61 valence electrons. The lowest BCUT2D eigenvalue weighted by atomic mass is 10.1. The molecular formula is C9H14NO. The molecule has 2 rings (SSSR count). The third-order valence-electron chi connectivity index (χ3n) is 3.06. The van der Waals surface area contributed by atoms with Crippen molar-refractivity contribution in [1.82, 2.24) is 4.90 Å². The van der Waals surface area contributed by atoms with Crippen molar-refractivity contribution < 1.29 is 4.79 Å². The second-order valence-corrected chi connectivity index (χ2v) is 3.71. The van der Waals surface area contributed by atoms with E-state index in [0.29, 0.717) is 0 Å². The number of nitrogens with zero attached hydrogens (tertiary/aromatic N) is 1. The van der Waals surface area contributed by atoms with Crippen molar-refractivity contribution in [2.24, 2.45) is 5.92 Å². The van der Waals surface area contributed by atoms with Gasteiger partial charge in [0.15, 0.2) is 0 Å². The van der Waals surface area contributed by atoms with Gasteiger partial charge in [0.25, 0.3) is 0 Å². The highest BCUT2D eigenvalue weighted by atomic mass is 16.1. The van der Waals surface area contributed by atoms with Crippen LogP contribution in [0.5, 0.6) is 0 Å². The molecule has 0 spiro atoms. The first-order chi connectivity index (χ1) is 5.33. The minimum Gasteiger partial charge on any atom is -0.329 e. The van der Waals surface area contributed by atoms with E-state index in [9.17, 15) is 4.79 Å². The van der Waals surface area contributed by atoms with Crippen LogP contribution >= 0.6 is 0 Å². The molecular weight excluding hydrogens is 138 g/mol. The van der Waals surface area contributed by atoms with Gasteiger partial charge in [-0.3, -0.25) is 4.79 Å². The predicted octanol–water partition coefficient (Wildman–Crippen LogP) is 1.32. The number of carbonyl (C=O) groups excluding carboxylic acids is 1. The first-order valence-corrected chi connectivity index (χ1v) is 4.49. The van der Waals surface area contributed by atoms with Crippen molar-refractivity contribution in [3.8, 4) is 0 Å². The van der Waals surface area contributed by atoms with Crippen LogP contribution in [-0.4, -0.2) is 23.4 Å². The van der Waals surface area contributed by atoms with E-state index in [1.54, 1.807) is 0 Å². The molecule has 0 aromatic rings. The molecule has 1 radical (unpaired) electrons. The number of rotatable bonds is 4. The van der Waals surface area contributed by atoms with Crippen LogP contribution in [0.25, 0.3) is 0 Å². The van der Waals surface area contributed by atoms with Gasteiger partial charge in [0.1, 0.15) is 0 Å². The van der Waals surface area contributed by atoms with Crippen LogP contribution in [-0.2, 0) is 4.79 Å². The summed E-state index contributed by atoms with van der Waals surface area (Å²) in [5.74, 6) is 0.823. The average molecular weight is 152 g/mol. The van der Waals surface area contributed by atoms with Crippen LogP contribution in [0.4, 0.5) is 0 Å². The maximum atomic E-state index is 10.6. The van der Waals surface area contributed by atoms with Crippen LogP contribution in [0.15, 0.2) is 0 Å². The van der Waals surface area contributed by atoms with Crippen molar-refractivity contribution in [3.63, 3.8) is 0 Å². The van der Waals surface area contributed by atoms with E-state index < -0.39 is 0 Å². The van der Waals surface area contributed by atoms with Gasteiger partial charge in [0, 0.05) is 12.1 Å². The number of hydrogen-bond donors (Lipinski definition) is 0. The molecule has 0 bridgehead atoms. The molecule has 2 saturated carbocycles. The van der Waals surface area contributed by atoms with Gasteiger partial charge in [-0.25, -0.2) is 0 Å². The molecule has 0 heterocycles.